The summed E-state index contributed by atoms with van der Waals surface area (Å²) in [6, 6.07) is 0. The molecule has 0 heterocycles. The molecule has 0 aliphatic heterocycles. The predicted octanol–water partition coefficient (Wildman–Crippen LogP) is 3.45. The van der Waals surface area contributed by atoms with Crippen LogP contribution in [0.15, 0.2) is 4.99 Å². The number of aliphatic imine (C=N–C) groups is 1. The van der Waals surface area contributed by atoms with Gasteiger partial charge in [0.2, 0.25) is 6.08 Å². The Balaban J connectivity index is 3.69. The van der Waals surface area contributed by atoms with Crippen molar-refractivity contribution in [2.45, 2.75) is 41.0 Å². The van der Waals surface area contributed by atoms with Crippen molar-refractivity contribution in [3.05, 3.63) is 27.8 Å². The van der Waals surface area contributed by atoms with Gasteiger partial charge in [-0.2, -0.15) is 4.99 Å². The summed E-state index contributed by atoms with van der Waals surface area (Å²) in [5.74, 6) is 0. The molecular formula is C13H17NO. The Labute approximate surface area is 91.0 Å². The van der Waals surface area contributed by atoms with E-state index in [9.17, 15) is 4.79 Å². The molecule has 80 valence electrons. The van der Waals surface area contributed by atoms with Crippen LogP contribution in [0.5, 0.6) is 0 Å². The molecule has 1 rings (SSSR count). The van der Waals surface area contributed by atoms with Crippen LogP contribution in [0.1, 0.15) is 34.7 Å². The molecule has 2 nitrogen and oxygen atoms in total. The van der Waals surface area contributed by atoms with E-state index < -0.39 is 0 Å². The lowest BCUT2D eigenvalue weighted by Gasteiger charge is -2.16. The molecule has 0 radical (unpaired) electrons. The van der Waals surface area contributed by atoms with Gasteiger partial charge in [-0.1, -0.05) is 6.92 Å². The van der Waals surface area contributed by atoms with Crippen LogP contribution in [-0.4, -0.2) is 6.08 Å². The lowest BCUT2D eigenvalue weighted by Crippen LogP contribution is -1.98. The molecule has 0 aliphatic rings. The molecule has 0 N–H and O–H groups in total. The van der Waals surface area contributed by atoms with Crippen molar-refractivity contribution in [2.24, 2.45) is 4.99 Å². The molecule has 0 unspecified atom stereocenters. The van der Waals surface area contributed by atoms with Gasteiger partial charge in [0.15, 0.2) is 0 Å². The van der Waals surface area contributed by atoms with Gasteiger partial charge < -0.3 is 0 Å². The lowest BCUT2D eigenvalue weighted by atomic mass is 9.91. The summed E-state index contributed by atoms with van der Waals surface area (Å²) < 4.78 is 0. The van der Waals surface area contributed by atoms with Crippen LogP contribution < -0.4 is 0 Å². The zero-order chi connectivity index (χ0) is 11.6. The summed E-state index contributed by atoms with van der Waals surface area (Å²) in [5.41, 5.74) is 6.84. The second-order valence-electron chi connectivity index (χ2n) is 3.88. The first-order valence-electron chi connectivity index (χ1n) is 5.21. The van der Waals surface area contributed by atoms with Gasteiger partial charge in [-0.05, 0) is 61.9 Å². The van der Waals surface area contributed by atoms with Crippen LogP contribution in [0.2, 0.25) is 0 Å². The maximum Gasteiger partial charge on any atom is 0.240 e. The average molecular weight is 203 g/mol. The maximum atomic E-state index is 10.4. The lowest BCUT2D eigenvalue weighted by molar-refractivity contribution is 0.565. The largest absolute Gasteiger partial charge is 0.240 e. The van der Waals surface area contributed by atoms with Gasteiger partial charge in [0.1, 0.15) is 0 Å². The monoisotopic (exact) mass is 203 g/mol. The number of hydrogen-bond donors (Lipinski definition) is 0. The number of nitrogens with zero attached hydrogens (tertiary/aromatic N) is 1. The fraction of sp³-hybridized carbons (Fsp3) is 0.462. The predicted molar refractivity (Wildman–Crippen MR) is 62.5 cm³/mol. The first kappa shape index (κ1) is 11.7. The molecule has 0 atom stereocenters. The van der Waals surface area contributed by atoms with E-state index in [1.54, 1.807) is 6.08 Å². The van der Waals surface area contributed by atoms with Crippen molar-refractivity contribution in [2.75, 3.05) is 0 Å². The molecule has 0 spiro atoms. The van der Waals surface area contributed by atoms with Crippen LogP contribution in [0.4, 0.5) is 5.69 Å². The van der Waals surface area contributed by atoms with E-state index in [2.05, 4.69) is 32.7 Å². The van der Waals surface area contributed by atoms with Gasteiger partial charge in [-0.15, -0.1) is 0 Å². The molecule has 0 aromatic heterocycles. The Morgan fingerprint density at radius 1 is 1.00 bits per heavy atom. The summed E-state index contributed by atoms with van der Waals surface area (Å²) in [7, 11) is 0. The molecule has 0 aliphatic carbocycles. The van der Waals surface area contributed by atoms with E-state index in [-0.39, 0.29) is 0 Å². The van der Waals surface area contributed by atoms with Crippen molar-refractivity contribution in [1.82, 2.24) is 0 Å². The summed E-state index contributed by atoms with van der Waals surface area (Å²) in [6.45, 7) is 10.4. The summed E-state index contributed by atoms with van der Waals surface area (Å²) in [4.78, 5) is 14.2. The zero-order valence-corrected chi connectivity index (χ0v) is 10.1. The van der Waals surface area contributed by atoms with Crippen molar-refractivity contribution >= 4 is 11.8 Å². The van der Waals surface area contributed by atoms with Crippen molar-refractivity contribution in [3.63, 3.8) is 0 Å². The summed E-state index contributed by atoms with van der Waals surface area (Å²) in [6.07, 6.45) is 2.55. The van der Waals surface area contributed by atoms with E-state index >= 15 is 0 Å². The van der Waals surface area contributed by atoms with Crippen LogP contribution in [0.3, 0.4) is 0 Å². The minimum Gasteiger partial charge on any atom is -0.211 e. The standard InChI is InChI=1S/C13H17NO/c1-6-12-10(4)8(2)9(3)11(5)13(12)14-7-15/h6H2,1-5H3. The average Bonchev–Trinajstić information content (AvgIpc) is 2.24. The SMILES string of the molecule is CCc1c(C)c(C)c(C)c(C)c1N=C=O. The van der Waals surface area contributed by atoms with Gasteiger partial charge in [0.05, 0.1) is 5.69 Å². The van der Waals surface area contributed by atoms with E-state index in [1.807, 2.05) is 6.92 Å². The number of isocyanates is 1. The van der Waals surface area contributed by atoms with Crippen LogP contribution in [0.25, 0.3) is 0 Å². The van der Waals surface area contributed by atoms with Crippen molar-refractivity contribution in [1.29, 1.82) is 0 Å². The quantitative estimate of drug-likeness (QED) is 0.534. The Morgan fingerprint density at radius 2 is 1.53 bits per heavy atom. The van der Waals surface area contributed by atoms with E-state index in [1.165, 1.54) is 22.3 Å². The van der Waals surface area contributed by atoms with Crippen LogP contribution in [0, 0.1) is 27.7 Å². The molecule has 1 aromatic carbocycles. The third kappa shape index (κ3) is 1.86. The third-order valence-electron chi connectivity index (χ3n) is 3.29. The van der Waals surface area contributed by atoms with E-state index in [0.717, 1.165) is 17.7 Å². The van der Waals surface area contributed by atoms with Gasteiger partial charge >= 0.3 is 0 Å². The molecule has 1 aromatic rings. The van der Waals surface area contributed by atoms with Gasteiger partial charge in [-0.25, -0.2) is 4.79 Å². The number of carbonyl (C=O) groups excluding carboxylic acids is 1. The Hall–Kier alpha value is -1.40. The van der Waals surface area contributed by atoms with E-state index in [4.69, 9.17) is 0 Å². The van der Waals surface area contributed by atoms with Crippen molar-refractivity contribution in [3.8, 4) is 0 Å². The van der Waals surface area contributed by atoms with Crippen LogP contribution in [-0.2, 0) is 11.2 Å². The highest BCUT2D eigenvalue weighted by Gasteiger charge is 2.13. The highest BCUT2D eigenvalue weighted by atomic mass is 16.1. The topological polar surface area (TPSA) is 29.4 Å². The Morgan fingerprint density at radius 3 is 2.00 bits per heavy atom. The fourth-order valence-electron chi connectivity index (χ4n) is 2.00. The zero-order valence-electron chi connectivity index (χ0n) is 10.1. The molecule has 0 amide bonds. The number of benzene rings is 1. The summed E-state index contributed by atoms with van der Waals surface area (Å²) >= 11 is 0. The molecular weight excluding hydrogens is 186 g/mol. The Kier molecular flexibility index (Phi) is 3.43. The smallest absolute Gasteiger partial charge is 0.211 e. The normalized spacial score (nSPS) is 9.93. The molecule has 0 saturated carbocycles. The minimum atomic E-state index is 0.813. The van der Waals surface area contributed by atoms with Gasteiger partial charge in [-0.3, -0.25) is 0 Å². The number of rotatable bonds is 2. The Bertz CT molecular complexity index is 441. The maximum absolute atomic E-state index is 10.4. The van der Waals surface area contributed by atoms with Crippen LogP contribution >= 0.6 is 0 Å². The first-order chi connectivity index (χ1) is 7.04. The second kappa shape index (κ2) is 4.41. The fourth-order valence-corrected chi connectivity index (χ4v) is 2.00. The second-order valence-corrected chi connectivity index (χ2v) is 3.88. The van der Waals surface area contributed by atoms with E-state index in [0.29, 0.717) is 0 Å². The molecule has 0 saturated heterocycles. The first-order valence-corrected chi connectivity index (χ1v) is 5.21. The van der Waals surface area contributed by atoms with Crippen molar-refractivity contribution < 1.29 is 4.79 Å². The molecule has 2 heteroatoms. The molecule has 0 bridgehead atoms. The van der Waals surface area contributed by atoms with Gasteiger partial charge in [0, 0.05) is 0 Å². The third-order valence-corrected chi connectivity index (χ3v) is 3.29. The molecule has 0 fully saturated rings. The summed E-state index contributed by atoms with van der Waals surface area (Å²) in [5, 5.41) is 0. The van der Waals surface area contributed by atoms with Gasteiger partial charge in [0.25, 0.3) is 0 Å². The molecule has 15 heavy (non-hydrogen) atoms. The number of hydrogen-bond acceptors (Lipinski definition) is 2. The highest BCUT2D eigenvalue weighted by Crippen LogP contribution is 2.32. The minimum absolute atomic E-state index is 0.813. The highest BCUT2D eigenvalue weighted by molar-refractivity contribution is 5.65.